The Bertz CT molecular complexity index is 181. The lowest BCUT2D eigenvalue weighted by Crippen LogP contribution is -2.43. The second kappa shape index (κ2) is 4.12. The van der Waals surface area contributed by atoms with Gasteiger partial charge in [-0.05, 0) is 11.8 Å². The van der Waals surface area contributed by atoms with Crippen molar-refractivity contribution < 1.29 is 13.6 Å². The second-order valence-corrected chi connectivity index (χ2v) is 5.45. The average molecular weight is 206 g/mol. The lowest BCUT2D eigenvalue weighted by atomic mass is 9.70. The van der Waals surface area contributed by atoms with Crippen LogP contribution in [0.3, 0.4) is 0 Å². The molecule has 0 saturated carbocycles. The molecule has 0 spiro atoms. The highest BCUT2D eigenvalue weighted by molar-refractivity contribution is 7.33. The summed E-state index contributed by atoms with van der Waals surface area (Å²) in [7, 11) is -2.18. The summed E-state index contributed by atoms with van der Waals surface area (Å²) in [5.41, 5.74) is 0.0403. The molecule has 13 heavy (non-hydrogen) atoms. The molecule has 0 radical (unpaired) electrons. The Morgan fingerprint density at radius 1 is 1.08 bits per heavy atom. The van der Waals surface area contributed by atoms with Crippen molar-refractivity contribution >= 4 is 8.25 Å². The molecule has 1 saturated heterocycles. The fourth-order valence-corrected chi connectivity index (χ4v) is 2.66. The summed E-state index contributed by atoms with van der Waals surface area (Å²) in [5.74, 6) is 0.977. The maximum Gasteiger partial charge on any atom is 0.319 e. The Kier molecular flexibility index (Phi) is 3.56. The van der Waals surface area contributed by atoms with Crippen LogP contribution in [-0.4, -0.2) is 13.2 Å². The van der Waals surface area contributed by atoms with Crippen LogP contribution in [-0.2, 0) is 13.6 Å². The normalized spacial score (nSPS) is 24.2. The van der Waals surface area contributed by atoms with Crippen molar-refractivity contribution in [3.63, 3.8) is 0 Å². The molecule has 0 bridgehead atoms. The second-order valence-electron chi connectivity index (χ2n) is 4.37. The first-order chi connectivity index (χ1) is 5.99. The van der Waals surface area contributed by atoms with Crippen molar-refractivity contribution in [2.45, 2.75) is 27.7 Å². The van der Waals surface area contributed by atoms with E-state index >= 15 is 0 Å². The SMILES string of the molecule is CC(C)C1(C(C)C)CO[PH](=O)OC1. The molecule has 1 aliphatic heterocycles. The molecular weight excluding hydrogens is 187 g/mol. The Morgan fingerprint density at radius 2 is 1.46 bits per heavy atom. The molecule has 4 heteroatoms. The van der Waals surface area contributed by atoms with E-state index in [0.717, 1.165) is 0 Å². The molecule has 0 N–H and O–H groups in total. The Hall–Kier alpha value is 0.150. The highest BCUT2D eigenvalue weighted by Gasteiger charge is 2.41. The number of hydrogen-bond acceptors (Lipinski definition) is 3. The molecule has 0 aromatic carbocycles. The van der Waals surface area contributed by atoms with Gasteiger partial charge in [0, 0.05) is 5.41 Å². The third-order valence-electron chi connectivity index (χ3n) is 3.22. The molecule has 0 aromatic heterocycles. The smallest absolute Gasteiger partial charge is 0.310 e. The maximum atomic E-state index is 10.9. The van der Waals surface area contributed by atoms with E-state index in [-0.39, 0.29) is 5.41 Å². The highest BCUT2D eigenvalue weighted by Crippen LogP contribution is 2.45. The molecule has 1 heterocycles. The van der Waals surface area contributed by atoms with Crippen LogP contribution in [0, 0.1) is 17.3 Å². The molecule has 78 valence electrons. The zero-order chi connectivity index (χ0) is 10.1. The van der Waals surface area contributed by atoms with Gasteiger partial charge in [0.05, 0.1) is 13.2 Å². The van der Waals surface area contributed by atoms with Crippen LogP contribution in [0.15, 0.2) is 0 Å². The molecule has 0 unspecified atom stereocenters. The molecule has 0 amide bonds. The highest BCUT2D eigenvalue weighted by atomic mass is 31.1. The van der Waals surface area contributed by atoms with Crippen molar-refractivity contribution in [2.75, 3.05) is 13.2 Å². The predicted molar refractivity (Wildman–Crippen MR) is 53.0 cm³/mol. The maximum absolute atomic E-state index is 10.9. The molecule has 3 nitrogen and oxygen atoms in total. The van der Waals surface area contributed by atoms with Crippen molar-refractivity contribution in [3.8, 4) is 0 Å². The molecule has 1 rings (SSSR count). The number of hydrogen-bond donors (Lipinski definition) is 0. The van der Waals surface area contributed by atoms with E-state index in [1.54, 1.807) is 0 Å². The molecule has 0 aromatic rings. The van der Waals surface area contributed by atoms with E-state index in [1.165, 1.54) is 0 Å². The summed E-state index contributed by atoms with van der Waals surface area (Å²) >= 11 is 0. The molecular formula is C9H19O3P. The van der Waals surface area contributed by atoms with Gasteiger partial charge in [-0.3, -0.25) is 4.57 Å². The quantitative estimate of drug-likeness (QED) is 0.651. The molecule has 1 fully saturated rings. The van der Waals surface area contributed by atoms with Crippen LogP contribution in [0.4, 0.5) is 0 Å². The van der Waals surface area contributed by atoms with Crippen molar-refractivity contribution in [1.82, 2.24) is 0 Å². The van der Waals surface area contributed by atoms with E-state index in [1.807, 2.05) is 0 Å². The van der Waals surface area contributed by atoms with Crippen LogP contribution in [0.2, 0.25) is 0 Å². The van der Waals surface area contributed by atoms with Crippen molar-refractivity contribution in [1.29, 1.82) is 0 Å². The van der Waals surface area contributed by atoms with Gasteiger partial charge in [0.1, 0.15) is 0 Å². The minimum atomic E-state index is -2.18. The lowest BCUT2D eigenvalue weighted by Gasteiger charge is -2.42. The summed E-state index contributed by atoms with van der Waals surface area (Å²) in [6, 6.07) is 0. The fourth-order valence-electron chi connectivity index (χ4n) is 1.80. The summed E-state index contributed by atoms with van der Waals surface area (Å²) in [5, 5.41) is 0. The first kappa shape index (κ1) is 11.2. The van der Waals surface area contributed by atoms with Gasteiger partial charge < -0.3 is 9.05 Å². The Morgan fingerprint density at radius 3 is 1.77 bits per heavy atom. The topological polar surface area (TPSA) is 35.5 Å². The Balaban J connectivity index is 2.75. The van der Waals surface area contributed by atoms with Gasteiger partial charge >= 0.3 is 8.25 Å². The molecule has 0 atom stereocenters. The van der Waals surface area contributed by atoms with Gasteiger partial charge in [0.2, 0.25) is 0 Å². The van der Waals surface area contributed by atoms with Crippen LogP contribution >= 0.6 is 8.25 Å². The van der Waals surface area contributed by atoms with Gasteiger partial charge in [0.25, 0.3) is 0 Å². The minimum Gasteiger partial charge on any atom is -0.310 e. The number of rotatable bonds is 2. The van der Waals surface area contributed by atoms with E-state index in [4.69, 9.17) is 9.05 Å². The van der Waals surface area contributed by atoms with Crippen LogP contribution in [0.1, 0.15) is 27.7 Å². The van der Waals surface area contributed by atoms with Crippen molar-refractivity contribution in [2.24, 2.45) is 17.3 Å². The van der Waals surface area contributed by atoms with Crippen molar-refractivity contribution in [3.05, 3.63) is 0 Å². The summed E-state index contributed by atoms with van der Waals surface area (Å²) in [4.78, 5) is 0. The molecule has 0 aliphatic carbocycles. The van der Waals surface area contributed by atoms with Gasteiger partial charge in [0.15, 0.2) is 0 Å². The zero-order valence-electron chi connectivity index (χ0n) is 8.79. The summed E-state index contributed by atoms with van der Waals surface area (Å²) in [6.07, 6.45) is 0. The summed E-state index contributed by atoms with van der Waals surface area (Å²) < 4.78 is 21.2. The van der Waals surface area contributed by atoms with E-state index in [9.17, 15) is 4.57 Å². The Labute approximate surface area is 80.8 Å². The van der Waals surface area contributed by atoms with Gasteiger partial charge in [-0.1, -0.05) is 27.7 Å². The predicted octanol–water partition coefficient (Wildman–Crippen LogP) is 2.72. The fraction of sp³-hybridized carbons (Fsp3) is 1.00. The van der Waals surface area contributed by atoms with E-state index in [0.29, 0.717) is 25.0 Å². The standard InChI is InChI=1S/C9H19O3P/c1-7(2)9(8(3)4)5-11-13(10)12-6-9/h7-8,13H,5-6H2,1-4H3. The first-order valence-corrected chi connectivity index (χ1v) is 6.01. The molecule has 1 aliphatic rings. The van der Waals surface area contributed by atoms with E-state index < -0.39 is 8.25 Å². The van der Waals surface area contributed by atoms with Crippen LogP contribution < -0.4 is 0 Å². The first-order valence-electron chi connectivity index (χ1n) is 4.78. The van der Waals surface area contributed by atoms with Gasteiger partial charge in [-0.25, -0.2) is 0 Å². The third kappa shape index (κ3) is 2.15. The third-order valence-corrected chi connectivity index (χ3v) is 3.98. The zero-order valence-corrected chi connectivity index (χ0v) is 9.79. The van der Waals surface area contributed by atoms with Gasteiger partial charge in [-0.2, -0.15) is 0 Å². The monoisotopic (exact) mass is 206 g/mol. The van der Waals surface area contributed by atoms with Crippen LogP contribution in [0.5, 0.6) is 0 Å². The van der Waals surface area contributed by atoms with E-state index in [2.05, 4.69) is 27.7 Å². The summed E-state index contributed by atoms with van der Waals surface area (Å²) in [6.45, 7) is 9.79. The largest absolute Gasteiger partial charge is 0.319 e. The van der Waals surface area contributed by atoms with Gasteiger partial charge in [-0.15, -0.1) is 0 Å². The minimum absolute atomic E-state index is 0.0403. The average Bonchev–Trinajstić information content (AvgIpc) is 2.04. The lowest BCUT2D eigenvalue weighted by molar-refractivity contribution is -0.0388. The van der Waals surface area contributed by atoms with Crippen LogP contribution in [0.25, 0.3) is 0 Å².